The first-order valence-corrected chi connectivity index (χ1v) is 20.3. The van der Waals surface area contributed by atoms with Crippen molar-refractivity contribution < 1.29 is 0 Å². The molecular weight excluding hydrogens is 699 g/mol. The predicted molar refractivity (Wildman–Crippen MR) is 248 cm³/mol. The van der Waals surface area contributed by atoms with Crippen molar-refractivity contribution in [1.29, 1.82) is 0 Å². The lowest BCUT2D eigenvalue weighted by Crippen LogP contribution is -2.14. The van der Waals surface area contributed by atoms with E-state index < -0.39 is 0 Å². The van der Waals surface area contributed by atoms with Gasteiger partial charge in [0.25, 0.3) is 0 Å². The maximum atomic E-state index is 2.43. The van der Waals surface area contributed by atoms with Gasteiger partial charge in [0.2, 0.25) is 0 Å². The zero-order valence-electron chi connectivity index (χ0n) is 32.7. The minimum atomic E-state index is -0.0469. The molecule has 1 aliphatic carbocycles. The molecule has 274 valence electrons. The molecule has 1 aliphatic rings. The third-order valence-electron chi connectivity index (χ3n) is 12.4. The molecule has 1 nitrogen and oxygen atoms in total. The van der Waals surface area contributed by atoms with Crippen molar-refractivity contribution in [2.24, 2.45) is 0 Å². The molecule has 10 aromatic carbocycles. The van der Waals surface area contributed by atoms with Crippen LogP contribution in [0.1, 0.15) is 25.0 Å². The summed E-state index contributed by atoms with van der Waals surface area (Å²) in [7, 11) is 0. The minimum absolute atomic E-state index is 0.0469. The summed E-state index contributed by atoms with van der Waals surface area (Å²) in [6.07, 6.45) is 0. The van der Waals surface area contributed by atoms with E-state index in [2.05, 4.69) is 231 Å². The van der Waals surface area contributed by atoms with E-state index in [0.29, 0.717) is 0 Å². The average Bonchev–Trinajstić information content (AvgIpc) is 3.51. The number of benzene rings is 10. The summed E-state index contributed by atoms with van der Waals surface area (Å²) in [5.41, 5.74) is 16.0. The maximum Gasteiger partial charge on any atom is 0.0540 e. The van der Waals surface area contributed by atoms with Gasteiger partial charge in [-0.15, -0.1) is 0 Å². The normalized spacial score (nSPS) is 12.8. The first kappa shape index (κ1) is 34.1. The van der Waals surface area contributed by atoms with Crippen LogP contribution >= 0.6 is 0 Å². The molecule has 0 saturated heterocycles. The topological polar surface area (TPSA) is 3.24 Å². The van der Waals surface area contributed by atoms with Crippen molar-refractivity contribution in [1.82, 2.24) is 0 Å². The van der Waals surface area contributed by atoms with Crippen LogP contribution in [0.3, 0.4) is 0 Å². The van der Waals surface area contributed by atoms with E-state index in [9.17, 15) is 0 Å². The molecule has 58 heavy (non-hydrogen) atoms. The van der Waals surface area contributed by atoms with Gasteiger partial charge in [0, 0.05) is 22.4 Å². The van der Waals surface area contributed by atoms with E-state index in [1.54, 1.807) is 0 Å². The van der Waals surface area contributed by atoms with E-state index >= 15 is 0 Å². The van der Waals surface area contributed by atoms with E-state index in [1.165, 1.54) is 88.0 Å². The van der Waals surface area contributed by atoms with Gasteiger partial charge < -0.3 is 4.90 Å². The van der Waals surface area contributed by atoms with Crippen LogP contribution in [0, 0.1) is 0 Å². The smallest absolute Gasteiger partial charge is 0.0540 e. The molecule has 10 aromatic rings. The van der Waals surface area contributed by atoms with E-state index in [1.807, 2.05) is 0 Å². The quantitative estimate of drug-likeness (QED) is 0.154. The predicted octanol–water partition coefficient (Wildman–Crippen LogP) is 15.9. The molecule has 0 aromatic heterocycles. The lowest BCUT2D eigenvalue weighted by Gasteiger charge is -2.28. The van der Waals surface area contributed by atoms with Crippen LogP contribution in [0.15, 0.2) is 212 Å². The fraction of sp³-hybridized carbons (Fsp3) is 0.0526. The van der Waals surface area contributed by atoms with Crippen molar-refractivity contribution in [2.45, 2.75) is 19.3 Å². The van der Waals surface area contributed by atoms with E-state index in [0.717, 1.165) is 17.1 Å². The highest BCUT2D eigenvalue weighted by molar-refractivity contribution is 6.09. The second-order valence-electron chi connectivity index (χ2n) is 16.1. The average molecular weight is 740 g/mol. The zero-order chi connectivity index (χ0) is 38.8. The molecule has 0 unspecified atom stereocenters. The second-order valence-corrected chi connectivity index (χ2v) is 16.1. The summed E-state index contributed by atoms with van der Waals surface area (Å²) in [4.78, 5) is 2.43. The molecule has 0 radical (unpaired) electrons. The third kappa shape index (κ3) is 5.54. The summed E-state index contributed by atoms with van der Waals surface area (Å²) in [6, 6.07) is 78.2. The van der Waals surface area contributed by atoms with E-state index in [-0.39, 0.29) is 5.41 Å². The monoisotopic (exact) mass is 739 g/mol. The highest BCUT2D eigenvalue weighted by Crippen LogP contribution is 2.50. The van der Waals surface area contributed by atoms with Gasteiger partial charge in [-0.05, 0) is 125 Å². The van der Waals surface area contributed by atoms with Crippen LogP contribution in [-0.4, -0.2) is 0 Å². The molecule has 0 fully saturated rings. The van der Waals surface area contributed by atoms with Crippen LogP contribution in [0.4, 0.5) is 17.1 Å². The summed E-state index contributed by atoms with van der Waals surface area (Å²) < 4.78 is 0. The number of nitrogens with zero attached hydrogens (tertiary/aromatic N) is 1. The number of anilines is 3. The number of hydrogen-bond donors (Lipinski definition) is 0. The SMILES string of the molecule is CC1(C)c2ccccc2-c2ccc(-c3ccc(N(c4ccc5c(ccc6ccccc65)c4)c4ccccc4-c4cccc(-c5cccc6ccccc56)c4)cc3)cc21. The Hall–Kier alpha value is -7.22. The summed E-state index contributed by atoms with van der Waals surface area (Å²) in [6.45, 7) is 4.70. The van der Waals surface area contributed by atoms with Crippen molar-refractivity contribution in [3.05, 3.63) is 223 Å². The molecule has 0 heterocycles. The Morgan fingerprint density at radius 1 is 0.310 bits per heavy atom. The molecule has 0 spiro atoms. The number of hydrogen-bond acceptors (Lipinski definition) is 1. The molecule has 0 saturated carbocycles. The van der Waals surface area contributed by atoms with Crippen molar-refractivity contribution in [3.63, 3.8) is 0 Å². The van der Waals surface area contributed by atoms with Crippen LogP contribution < -0.4 is 4.90 Å². The largest absolute Gasteiger partial charge is 0.310 e. The third-order valence-corrected chi connectivity index (χ3v) is 12.4. The molecule has 0 aliphatic heterocycles. The summed E-state index contributed by atoms with van der Waals surface area (Å²) in [5.74, 6) is 0. The van der Waals surface area contributed by atoms with Crippen molar-refractivity contribution in [2.75, 3.05) is 4.90 Å². The lowest BCUT2D eigenvalue weighted by atomic mass is 9.81. The van der Waals surface area contributed by atoms with Gasteiger partial charge >= 0.3 is 0 Å². The Balaban J connectivity index is 1.05. The summed E-state index contributed by atoms with van der Waals surface area (Å²) in [5, 5.41) is 7.51. The Morgan fingerprint density at radius 2 is 0.879 bits per heavy atom. The van der Waals surface area contributed by atoms with Gasteiger partial charge in [-0.2, -0.15) is 0 Å². The minimum Gasteiger partial charge on any atom is -0.310 e. The molecule has 0 atom stereocenters. The number of fused-ring (bicyclic) bond motifs is 7. The molecule has 0 amide bonds. The number of para-hydroxylation sites is 1. The molecule has 11 rings (SSSR count). The molecule has 0 bridgehead atoms. The van der Waals surface area contributed by atoms with Gasteiger partial charge in [0.15, 0.2) is 0 Å². The fourth-order valence-corrected chi connectivity index (χ4v) is 9.50. The van der Waals surface area contributed by atoms with Crippen LogP contribution in [-0.2, 0) is 5.41 Å². The first-order chi connectivity index (χ1) is 28.5. The maximum absolute atomic E-state index is 2.43. The molecular formula is C57H41N. The van der Waals surface area contributed by atoms with Crippen molar-refractivity contribution >= 4 is 49.4 Å². The van der Waals surface area contributed by atoms with Gasteiger partial charge in [-0.1, -0.05) is 184 Å². The van der Waals surface area contributed by atoms with Gasteiger partial charge in [-0.25, -0.2) is 0 Å². The zero-order valence-corrected chi connectivity index (χ0v) is 32.7. The summed E-state index contributed by atoms with van der Waals surface area (Å²) >= 11 is 0. The Bertz CT molecular complexity index is 3200. The second kappa shape index (κ2) is 13.5. The highest BCUT2D eigenvalue weighted by Gasteiger charge is 2.35. The standard InChI is InChI=1S/C57H41N/c1-57(2)54-23-9-7-21-52(54)53-33-29-41(37-55(53)57)38-27-30-45(31-28-38)58(46-32-34-50-44(36-46)26-25-40-14-4-6-19-48(40)50)56-24-10-8-20-51(56)43-17-11-16-42(35-43)49-22-12-15-39-13-3-5-18-47(39)49/h3-37H,1-2H3. The van der Waals surface area contributed by atoms with Crippen molar-refractivity contribution in [3.8, 4) is 44.5 Å². The Morgan fingerprint density at radius 3 is 1.72 bits per heavy atom. The Labute approximate surface area is 340 Å². The van der Waals surface area contributed by atoms with Crippen LogP contribution in [0.5, 0.6) is 0 Å². The fourth-order valence-electron chi connectivity index (χ4n) is 9.50. The number of rotatable bonds is 6. The van der Waals surface area contributed by atoms with Gasteiger partial charge in [0.1, 0.15) is 0 Å². The molecule has 1 heteroatoms. The van der Waals surface area contributed by atoms with Gasteiger partial charge in [-0.3, -0.25) is 0 Å². The highest BCUT2D eigenvalue weighted by atomic mass is 15.1. The lowest BCUT2D eigenvalue weighted by molar-refractivity contribution is 0.660. The first-order valence-electron chi connectivity index (χ1n) is 20.3. The molecule has 0 N–H and O–H groups in total. The Kier molecular flexibility index (Phi) is 7.91. The van der Waals surface area contributed by atoms with E-state index in [4.69, 9.17) is 0 Å². The van der Waals surface area contributed by atoms with Crippen LogP contribution in [0.25, 0.3) is 76.8 Å². The van der Waals surface area contributed by atoms with Gasteiger partial charge in [0.05, 0.1) is 5.69 Å². The van der Waals surface area contributed by atoms with Crippen LogP contribution in [0.2, 0.25) is 0 Å².